The monoisotopic (exact) mass is 389 g/mol. The SMILES string of the molecule is O=C(c1c[nH]c2ccccc12)C(NCCc1ccc(Cl)cc1)c1ccncc1. The largest absolute Gasteiger partial charge is 0.360 e. The number of Topliss-reactive ketones (excluding diaryl/α,β-unsaturated/α-hetero) is 1. The van der Waals surface area contributed by atoms with Crippen molar-refractivity contribution in [2.24, 2.45) is 0 Å². The van der Waals surface area contributed by atoms with Crippen LogP contribution in [-0.4, -0.2) is 22.3 Å². The first-order valence-corrected chi connectivity index (χ1v) is 9.58. The number of pyridine rings is 1. The number of para-hydroxylation sites is 1. The molecule has 0 radical (unpaired) electrons. The average molecular weight is 390 g/mol. The highest BCUT2D eigenvalue weighted by Crippen LogP contribution is 2.24. The Morgan fingerprint density at radius 2 is 1.79 bits per heavy atom. The van der Waals surface area contributed by atoms with E-state index in [0.29, 0.717) is 12.1 Å². The third kappa shape index (κ3) is 3.98. The number of benzene rings is 2. The number of hydrogen-bond donors (Lipinski definition) is 2. The highest BCUT2D eigenvalue weighted by atomic mass is 35.5. The first kappa shape index (κ1) is 18.4. The number of nitrogens with zero attached hydrogens (tertiary/aromatic N) is 1. The van der Waals surface area contributed by atoms with E-state index >= 15 is 0 Å². The molecule has 0 aliphatic carbocycles. The molecular weight excluding hydrogens is 370 g/mol. The molecule has 4 aromatic rings. The van der Waals surface area contributed by atoms with Crippen molar-refractivity contribution in [3.8, 4) is 0 Å². The van der Waals surface area contributed by atoms with Crippen LogP contribution in [0.1, 0.15) is 27.5 Å². The molecule has 0 bridgehead atoms. The number of aromatic nitrogens is 2. The van der Waals surface area contributed by atoms with E-state index in [0.717, 1.165) is 27.9 Å². The van der Waals surface area contributed by atoms with Crippen molar-refractivity contribution < 1.29 is 4.79 Å². The molecule has 2 heterocycles. The van der Waals surface area contributed by atoms with Gasteiger partial charge in [-0.25, -0.2) is 0 Å². The van der Waals surface area contributed by atoms with Crippen LogP contribution in [0.2, 0.25) is 5.02 Å². The average Bonchev–Trinajstić information content (AvgIpc) is 3.17. The minimum absolute atomic E-state index is 0.0414. The van der Waals surface area contributed by atoms with Crippen molar-refractivity contribution in [1.29, 1.82) is 0 Å². The summed E-state index contributed by atoms with van der Waals surface area (Å²) in [6, 6.07) is 19.0. The highest BCUT2D eigenvalue weighted by molar-refractivity contribution is 6.30. The van der Waals surface area contributed by atoms with Gasteiger partial charge in [-0.05, 0) is 47.9 Å². The van der Waals surface area contributed by atoms with Gasteiger partial charge in [-0.2, -0.15) is 0 Å². The summed E-state index contributed by atoms with van der Waals surface area (Å²) < 4.78 is 0. The van der Waals surface area contributed by atoms with E-state index in [-0.39, 0.29) is 5.78 Å². The second-order valence-electron chi connectivity index (χ2n) is 6.66. The van der Waals surface area contributed by atoms with Crippen molar-refractivity contribution in [2.75, 3.05) is 6.54 Å². The molecule has 2 N–H and O–H groups in total. The maximum Gasteiger partial charge on any atom is 0.186 e. The summed E-state index contributed by atoms with van der Waals surface area (Å²) in [5.74, 6) is 0.0414. The van der Waals surface area contributed by atoms with E-state index in [1.165, 1.54) is 5.56 Å². The van der Waals surface area contributed by atoms with Gasteiger partial charge in [0, 0.05) is 46.6 Å². The maximum atomic E-state index is 13.4. The van der Waals surface area contributed by atoms with E-state index in [9.17, 15) is 4.79 Å². The molecule has 140 valence electrons. The number of fused-ring (bicyclic) bond motifs is 1. The molecule has 2 aromatic heterocycles. The number of rotatable bonds is 7. The number of aromatic amines is 1. The zero-order valence-electron chi connectivity index (χ0n) is 15.2. The molecule has 0 aliphatic rings. The van der Waals surface area contributed by atoms with Crippen LogP contribution in [0.5, 0.6) is 0 Å². The molecule has 28 heavy (non-hydrogen) atoms. The molecule has 0 spiro atoms. The number of ketones is 1. The second-order valence-corrected chi connectivity index (χ2v) is 7.09. The van der Waals surface area contributed by atoms with E-state index in [2.05, 4.69) is 15.3 Å². The van der Waals surface area contributed by atoms with E-state index in [4.69, 9.17) is 11.6 Å². The summed E-state index contributed by atoms with van der Waals surface area (Å²) in [4.78, 5) is 20.7. The van der Waals surface area contributed by atoms with Crippen molar-refractivity contribution in [1.82, 2.24) is 15.3 Å². The molecule has 4 rings (SSSR count). The smallest absolute Gasteiger partial charge is 0.186 e. The van der Waals surface area contributed by atoms with Crippen LogP contribution in [0, 0.1) is 0 Å². The molecule has 0 amide bonds. The number of halogens is 1. The minimum atomic E-state index is -0.436. The number of nitrogens with one attached hydrogen (secondary N) is 2. The summed E-state index contributed by atoms with van der Waals surface area (Å²) in [6.07, 6.45) is 6.03. The quantitative estimate of drug-likeness (QED) is 0.438. The lowest BCUT2D eigenvalue weighted by Crippen LogP contribution is -2.30. The van der Waals surface area contributed by atoms with E-state index in [1.807, 2.05) is 60.7 Å². The van der Waals surface area contributed by atoms with Gasteiger partial charge in [-0.1, -0.05) is 41.9 Å². The topological polar surface area (TPSA) is 57.8 Å². The van der Waals surface area contributed by atoms with Gasteiger partial charge in [0.05, 0.1) is 6.04 Å². The van der Waals surface area contributed by atoms with E-state index in [1.54, 1.807) is 18.6 Å². The number of hydrogen-bond acceptors (Lipinski definition) is 3. The van der Waals surface area contributed by atoms with Gasteiger partial charge in [0.2, 0.25) is 0 Å². The number of carbonyl (C=O) groups excluding carboxylic acids is 1. The fourth-order valence-corrected chi connectivity index (χ4v) is 3.49. The Morgan fingerprint density at radius 3 is 2.57 bits per heavy atom. The standard InChI is InChI=1S/C23H20ClN3O/c24-18-7-5-16(6-8-18)9-14-26-22(17-10-12-25-13-11-17)23(28)20-15-27-21-4-2-1-3-19(20)21/h1-8,10-13,15,22,26-27H,9,14H2. The summed E-state index contributed by atoms with van der Waals surface area (Å²) in [7, 11) is 0. The third-order valence-electron chi connectivity index (χ3n) is 4.83. The normalized spacial score (nSPS) is 12.2. The van der Waals surface area contributed by atoms with Gasteiger partial charge >= 0.3 is 0 Å². The Labute approximate surface area is 168 Å². The van der Waals surface area contributed by atoms with E-state index < -0.39 is 6.04 Å². The molecule has 1 atom stereocenters. The van der Waals surface area contributed by atoms with Gasteiger partial charge in [-0.15, -0.1) is 0 Å². The Bertz CT molecular complexity index is 1070. The summed E-state index contributed by atoms with van der Waals surface area (Å²) in [6.45, 7) is 0.669. The summed E-state index contributed by atoms with van der Waals surface area (Å²) in [5, 5.41) is 5.09. The van der Waals surface area contributed by atoms with Gasteiger partial charge in [0.1, 0.15) is 0 Å². The zero-order chi connectivity index (χ0) is 19.3. The first-order valence-electron chi connectivity index (χ1n) is 9.20. The third-order valence-corrected chi connectivity index (χ3v) is 5.08. The summed E-state index contributed by atoms with van der Waals surface area (Å²) >= 11 is 5.95. The van der Waals surface area contributed by atoms with Gasteiger partial charge in [0.25, 0.3) is 0 Å². The van der Waals surface area contributed by atoms with Crippen molar-refractivity contribution in [2.45, 2.75) is 12.5 Å². The van der Waals surface area contributed by atoms with Gasteiger partial charge in [-0.3, -0.25) is 9.78 Å². The van der Waals surface area contributed by atoms with Crippen LogP contribution in [0.25, 0.3) is 10.9 Å². The van der Waals surface area contributed by atoms with Crippen LogP contribution in [0.15, 0.2) is 79.3 Å². The fourth-order valence-electron chi connectivity index (χ4n) is 3.36. The van der Waals surface area contributed by atoms with Gasteiger partial charge < -0.3 is 10.3 Å². The van der Waals surface area contributed by atoms with Crippen LogP contribution in [0.4, 0.5) is 0 Å². The predicted molar refractivity (Wildman–Crippen MR) is 113 cm³/mol. The molecule has 1 unspecified atom stereocenters. The molecule has 0 aliphatic heterocycles. The maximum absolute atomic E-state index is 13.4. The lowest BCUT2D eigenvalue weighted by atomic mass is 9.97. The number of H-pyrrole nitrogens is 1. The molecule has 0 saturated heterocycles. The lowest BCUT2D eigenvalue weighted by Gasteiger charge is -2.18. The zero-order valence-corrected chi connectivity index (χ0v) is 16.0. The van der Waals surface area contributed by atoms with Crippen LogP contribution >= 0.6 is 11.6 Å². The Kier molecular flexibility index (Phi) is 5.51. The Morgan fingerprint density at radius 1 is 1.04 bits per heavy atom. The predicted octanol–water partition coefficient (Wildman–Crippen LogP) is 4.97. The summed E-state index contributed by atoms with van der Waals surface area (Å²) in [5.41, 5.74) is 3.73. The van der Waals surface area contributed by atoms with Crippen LogP contribution in [0.3, 0.4) is 0 Å². The lowest BCUT2D eigenvalue weighted by molar-refractivity contribution is 0.0945. The highest BCUT2D eigenvalue weighted by Gasteiger charge is 2.23. The molecule has 0 saturated carbocycles. The molecule has 4 nitrogen and oxygen atoms in total. The van der Waals surface area contributed by atoms with Crippen LogP contribution < -0.4 is 5.32 Å². The van der Waals surface area contributed by atoms with Crippen LogP contribution in [-0.2, 0) is 6.42 Å². The molecular formula is C23H20ClN3O. The Balaban J connectivity index is 1.57. The molecule has 5 heteroatoms. The minimum Gasteiger partial charge on any atom is -0.360 e. The molecule has 0 fully saturated rings. The molecule has 2 aromatic carbocycles. The first-order chi connectivity index (χ1) is 13.7. The van der Waals surface area contributed by atoms with Gasteiger partial charge in [0.15, 0.2) is 5.78 Å². The van der Waals surface area contributed by atoms with Crippen molar-refractivity contribution in [3.63, 3.8) is 0 Å². The Hall–Kier alpha value is -2.95. The second kappa shape index (κ2) is 8.38. The van der Waals surface area contributed by atoms with Crippen molar-refractivity contribution in [3.05, 3.63) is 101 Å². The number of carbonyl (C=O) groups is 1. The van der Waals surface area contributed by atoms with Crippen molar-refractivity contribution >= 4 is 28.3 Å². The fraction of sp³-hybridized carbons (Fsp3) is 0.130.